The number of benzene rings is 2. The average molecular weight is 634 g/mol. The summed E-state index contributed by atoms with van der Waals surface area (Å²) in [4.78, 5) is 29.6. The Kier molecular flexibility index (Phi) is 7.30. The molecule has 3 saturated heterocycles. The predicted octanol–water partition coefficient (Wildman–Crippen LogP) is 5.81. The van der Waals surface area contributed by atoms with Crippen molar-refractivity contribution >= 4 is 33.5 Å². The van der Waals surface area contributed by atoms with E-state index in [0.717, 1.165) is 19.4 Å². The minimum atomic E-state index is -1.23. The zero-order valence-corrected chi connectivity index (χ0v) is 25.4. The zero-order chi connectivity index (χ0) is 32.4. The van der Waals surface area contributed by atoms with Crippen molar-refractivity contribution in [2.45, 2.75) is 50.7 Å². The first-order valence-corrected chi connectivity index (χ1v) is 15.5. The molecule has 3 atom stereocenters. The van der Waals surface area contributed by atoms with Gasteiger partial charge in [0.15, 0.2) is 5.82 Å². The van der Waals surface area contributed by atoms with E-state index in [1.807, 2.05) is 0 Å². The van der Waals surface area contributed by atoms with Crippen molar-refractivity contribution in [2.24, 2.45) is 5.41 Å². The Balaban J connectivity index is 1.38. The van der Waals surface area contributed by atoms with Gasteiger partial charge in [-0.2, -0.15) is 9.97 Å². The molecule has 46 heavy (non-hydrogen) atoms. The monoisotopic (exact) mass is 633 g/mol. The molecule has 0 radical (unpaired) electrons. The van der Waals surface area contributed by atoms with Gasteiger partial charge in [-0.3, -0.25) is 14.7 Å². The van der Waals surface area contributed by atoms with E-state index in [1.54, 1.807) is 11.8 Å². The number of hydrogen-bond donors (Lipinski definition) is 2. The number of aromatic nitrogens is 3. The maximum atomic E-state index is 16.8. The highest BCUT2D eigenvalue weighted by Crippen LogP contribution is 2.43. The molecule has 2 N–H and O–H groups in total. The SMILES string of the molecule is C=CC1(C(=O)O)CCN(c2nc(OC[C@@]34CCCN3C[C@H](F)C4)nc3c(F)c(-c4cc(O)cc5ccc(F)c(CC)c45)ncc23)C1. The third kappa shape index (κ3) is 4.72. The molecule has 7 rings (SSSR count). The van der Waals surface area contributed by atoms with Crippen molar-refractivity contribution in [1.29, 1.82) is 0 Å². The van der Waals surface area contributed by atoms with Crippen LogP contribution in [0.1, 0.15) is 38.2 Å². The maximum Gasteiger partial charge on any atom is 0.319 e. The van der Waals surface area contributed by atoms with E-state index in [4.69, 9.17) is 4.74 Å². The highest BCUT2D eigenvalue weighted by molar-refractivity contribution is 6.02. The maximum absolute atomic E-state index is 16.8. The van der Waals surface area contributed by atoms with Crippen molar-refractivity contribution in [1.82, 2.24) is 19.9 Å². The van der Waals surface area contributed by atoms with Crippen LogP contribution < -0.4 is 9.64 Å². The first-order valence-electron chi connectivity index (χ1n) is 15.5. The molecule has 240 valence electrons. The summed E-state index contributed by atoms with van der Waals surface area (Å²) in [5.74, 6) is -2.20. The number of rotatable bonds is 8. The largest absolute Gasteiger partial charge is 0.508 e. The number of aliphatic carboxylic acids is 1. The van der Waals surface area contributed by atoms with Gasteiger partial charge in [0.2, 0.25) is 0 Å². The normalized spacial score (nSPS) is 24.6. The van der Waals surface area contributed by atoms with E-state index in [0.29, 0.717) is 42.3 Å². The van der Waals surface area contributed by atoms with Gasteiger partial charge in [-0.25, -0.2) is 13.2 Å². The van der Waals surface area contributed by atoms with E-state index in [2.05, 4.69) is 26.4 Å². The van der Waals surface area contributed by atoms with Gasteiger partial charge < -0.3 is 19.8 Å². The Morgan fingerprint density at radius 1 is 1.22 bits per heavy atom. The standard InChI is InChI=1S/C34H34F3N5O4/c1-3-22-25(36)7-6-19-12-21(43)13-23(26(19)22)28-27(37)29-24(15-38-28)30(41-11-9-33(4-2,17-41)31(44)45)40-32(39-29)46-18-34-8-5-10-42(34)16-20(35)14-34/h4,6-7,12-13,15,20,43H,2-3,5,8-11,14,16-18H2,1H3,(H,44,45)/t20-,33?,34+/m1/s1. The fourth-order valence-corrected chi connectivity index (χ4v) is 7.64. The van der Waals surface area contributed by atoms with Crippen molar-refractivity contribution in [3.63, 3.8) is 0 Å². The molecule has 0 aliphatic carbocycles. The van der Waals surface area contributed by atoms with E-state index in [-0.39, 0.29) is 59.3 Å². The van der Waals surface area contributed by atoms with Crippen LogP contribution in [0.4, 0.5) is 19.0 Å². The summed E-state index contributed by atoms with van der Waals surface area (Å²) in [5, 5.41) is 21.7. The average Bonchev–Trinajstić information content (AvgIpc) is 3.73. The first-order chi connectivity index (χ1) is 22.1. The molecule has 0 amide bonds. The Morgan fingerprint density at radius 2 is 2.04 bits per heavy atom. The number of ether oxygens (including phenoxy) is 1. The molecular weight excluding hydrogens is 599 g/mol. The van der Waals surface area contributed by atoms with Crippen LogP contribution in [-0.2, 0) is 11.2 Å². The fraction of sp³-hybridized carbons (Fsp3) is 0.412. The zero-order valence-electron chi connectivity index (χ0n) is 25.4. The van der Waals surface area contributed by atoms with Crippen LogP contribution in [0.25, 0.3) is 32.9 Å². The number of carbonyl (C=O) groups is 1. The summed E-state index contributed by atoms with van der Waals surface area (Å²) in [7, 11) is 0. The molecule has 0 spiro atoms. The fourth-order valence-electron chi connectivity index (χ4n) is 7.64. The second-order valence-corrected chi connectivity index (χ2v) is 12.7. The molecule has 0 bridgehead atoms. The number of phenols is 1. The molecule has 9 nitrogen and oxygen atoms in total. The third-order valence-corrected chi connectivity index (χ3v) is 10.1. The number of anilines is 1. The Labute approximate surface area is 263 Å². The summed E-state index contributed by atoms with van der Waals surface area (Å²) in [6.45, 7) is 7.08. The van der Waals surface area contributed by atoms with Crippen molar-refractivity contribution in [2.75, 3.05) is 37.7 Å². The van der Waals surface area contributed by atoms with Crippen LogP contribution in [0.15, 0.2) is 43.1 Å². The molecule has 3 aliphatic rings. The number of fused-ring (bicyclic) bond motifs is 3. The van der Waals surface area contributed by atoms with Crippen LogP contribution in [-0.4, -0.2) is 80.5 Å². The van der Waals surface area contributed by atoms with Crippen LogP contribution in [0.2, 0.25) is 0 Å². The van der Waals surface area contributed by atoms with Crippen LogP contribution >= 0.6 is 0 Å². The van der Waals surface area contributed by atoms with Crippen LogP contribution in [0.3, 0.4) is 0 Å². The predicted molar refractivity (Wildman–Crippen MR) is 167 cm³/mol. The highest BCUT2D eigenvalue weighted by atomic mass is 19.1. The number of pyridine rings is 1. The van der Waals surface area contributed by atoms with Gasteiger partial charge >= 0.3 is 12.0 Å². The number of carboxylic acids is 1. The Morgan fingerprint density at radius 3 is 2.78 bits per heavy atom. The lowest BCUT2D eigenvalue weighted by Crippen LogP contribution is -2.43. The lowest BCUT2D eigenvalue weighted by Gasteiger charge is -2.31. The molecule has 1 unspecified atom stereocenters. The summed E-state index contributed by atoms with van der Waals surface area (Å²) in [6.07, 6.45) is 4.42. The number of aromatic hydroxyl groups is 1. The summed E-state index contributed by atoms with van der Waals surface area (Å²) >= 11 is 0. The second-order valence-electron chi connectivity index (χ2n) is 12.7. The minimum Gasteiger partial charge on any atom is -0.508 e. The van der Waals surface area contributed by atoms with Crippen molar-refractivity contribution in [3.8, 4) is 23.0 Å². The highest BCUT2D eigenvalue weighted by Gasteiger charge is 2.49. The van der Waals surface area contributed by atoms with E-state index in [1.165, 1.54) is 36.5 Å². The van der Waals surface area contributed by atoms with Gasteiger partial charge in [-0.15, -0.1) is 6.58 Å². The van der Waals surface area contributed by atoms with Crippen molar-refractivity contribution in [3.05, 3.63) is 60.3 Å². The molecular formula is C34H34F3N5O4. The van der Waals surface area contributed by atoms with Crippen molar-refractivity contribution < 1.29 is 32.9 Å². The molecule has 2 aromatic heterocycles. The van der Waals surface area contributed by atoms with Gasteiger partial charge in [0, 0.05) is 37.8 Å². The van der Waals surface area contributed by atoms with E-state index >= 15 is 4.39 Å². The Bertz CT molecular complexity index is 1910. The lowest BCUT2D eigenvalue weighted by atomic mass is 9.88. The topological polar surface area (TPSA) is 112 Å². The molecule has 2 aromatic carbocycles. The molecule has 3 fully saturated rings. The number of hydrogen-bond acceptors (Lipinski definition) is 8. The van der Waals surface area contributed by atoms with Gasteiger partial charge in [-0.1, -0.05) is 19.1 Å². The number of carboxylic acid groups (broad SMARTS) is 1. The number of halogens is 3. The minimum absolute atomic E-state index is 0.0400. The second kappa shape index (κ2) is 11.1. The Hall–Kier alpha value is -4.45. The summed E-state index contributed by atoms with van der Waals surface area (Å²) in [6, 6.07) is 5.55. The molecule has 5 heterocycles. The first kappa shape index (κ1) is 30.2. The number of alkyl halides is 1. The molecule has 3 aliphatic heterocycles. The quantitative estimate of drug-likeness (QED) is 0.232. The van der Waals surface area contributed by atoms with E-state index < -0.39 is 34.7 Å². The third-order valence-electron chi connectivity index (χ3n) is 10.1. The summed E-state index contributed by atoms with van der Waals surface area (Å²) in [5.41, 5.74) is -1.45. The van der Waals surface area contributed by atoms with E-state index in [9.17, 15) is 23.8 Å². The smallest absolute Gasteiger partial charge is 0.319 e. The number of nitrogens with zero attached hydrogens (tertiary/aromatic N) is 5. The van der Waals surface area contributed by atoms with Gasteiger partial charge in [0.25, 0.3) is 0 Å². The van der Waals surface area contributed by atoms with Crippen LogP contribution in [0, 0.1) is 17.0 Å². The van der Waals surface area contributed by atoms with Gasteiger partial charge in [0.05, 0.1) is 10.9 Å². The van der Waals surface area contributed by atoms with Gasteiger partial charge in [-0.05, 0) is 66.8 Å². The van der Waals surface area contributed by atoms with Gasteiger partial charge in [0.1, 0.15) is 46.8 Å². The molecule has 0 saturated carbocycles. The molecule has 12 heteroatoms. The molecule has 4 aromatic rings. The number of phenolic OH excluding ortho intramolecular Hbond substituents is 1. The number of aryl methyl sites for hydroxylation is 1. The van der Waals surface area contributed by atoms with Crippen LogP contribution in [0.5, 0.6) is 11.8 Å². The lowest BCUT2D eigenvalue weighted by molar-refractivity contribution is -0.144. The summed E-state index contributed by atoms with van der Waals surface area (Å²) < 4.78 is 52.3.